The van der Waals surface area contributed by atoms with Crippen LogP contribution in [-0.4, -0.2) is 29.8 Å². The molecule has 20 heavy (non-hydrogen) atoms. The number of aliphatic hydroxyl groups is 1. The predicted octanol–water partition coefficient (Wildman–Crippen LogP) is 2.05. The third-order valence-corrected chi connectivity index (χ3v) is 3.74. The first kappa shape index (κ1) is 14.9. The van der Waals surface area contributed by atoms with Crippen molar-refractivity contribution in [3.05, 3.63) is 29.8 Å². The quantitative estimate of drug-likeness (QED) is 0.866. The largest absolute Gasteiger partial charge is 0.484 e. The number of carbonyl (C=O) groups excluding carboxylic acids is 1. The van der Waals surface area contributed by atoms with Crippen molar-refractivity contribution in [3.8, 4) is 5.75 Å². The first-order chi connectivity index (χ1) is 9.67. The van der Waals surface area contributed by atoms with Crippen LogP contribution >= 0.6 is 0 Å². The molecule has 0 unspecified atom stereocenters. The first-order valence-corrected chi connectivity index (χ1v) is 7.36. The lowest BCUT2D eigenvalue weighted by atomic mass is 9.93. The maximum Gasteiger partial charge on any atom is 0.258 e. The fraction of sp³-hybridized carbons (Fsp3) is 0.562. The van der Waals surface area contributed by atoms with E-state index in [0.29, 0.717) is 0 Å². The van der Waals surface area contributed by atoms with Crippen LogP contribution in [0.1, 0.15) is 38.2 Å². The minimum Gasteiger partial charge on any atom is -0.484 e. The van der Waals surface area contributed by atoms with E-state index in [4.69, 9.17) is 4.74 Å². The lowest BCUT2D eigenvalue weighted by molar-refractivity contribution is -0.124. The minimum atomic E-state index is -0.198. The molecule has 4 nitrogen and oxygen atoms in total. The molecule has 0 spiro atoms. The van der Waals surface area contributed by atoms with Gasteiger partial charge in [-0.1, -0.05) is 19.1 Å². The highest BCUT2D eigenvalue weighted by atomic mass is 16.5. The van der Waals surface area contributed by atoms with E-state index >= 15 is 0 Å². The van der Waals surface area contributed by atoms with Crippen LogP contribution in [0.25, 0.3) is 0 Å². The Morgan fingerprint density at radius 3 is 2.80 bits per heavy atom. The normalized spacial score (nSPS) is 22.3. The number of nitrogens with one attached hydrogen (secondary N) is 1. The van der Waals surface area contributed by atoms with Crippen LogP contribution < -0.4 is 10.1 Å². The minimum absolute atomic E-state index is 0.0478. The number of hydrogen-bond acceptors (Lipinski definition) is 3. The SMILES string of the molecule is CCc1cccc(OCC(=O)NC2CCC(O)CC2)c1. The van der Waals surface area contributed by atoms with Gasteiger partial charge in [-0.15, -0.1) is 0 Å². The molecule has 1 aliphatic carbocycles. The summed E-state index contributed by atoms with van der Waals surface area (Å²) in [5.74, 6) is 0.645. The van der Waals surface area contributed by atoms with E-state index in [1.54, 1.807) is 0 Å². The van der Waals surface area contributed by atoms with Gasteiger partial charge in [0.05, 0.1) is 6.10 Å². The van der Waals surface area contributed by atoms with Crippen LogP contribution in [-0.2, 0) is 11.2 Å². The van der Waals surface area contributed by atoms with Crippen LogP contribution in [0.15, 0.2) is 24.3 Å². The summed E-state index contributed by atoms with van der Waals surface area (Å²) in [5, 5.41) is 12.4. The standard InChI is InChI=1S/C16H23NO3/c1-2-12-4-3-5-15(10-12)20-11-16(19)17-13-6-8-14(18)9-7-13/h3-5,10,13-14,18H,2,6-9,11H2,1H3,(H,17,19). The van der Waals surface area contributed by atoms with Gasteiger partial charge in [-0.25, -0.2) is 0 Å². The van der Waals surface area contributed by atoms with Crippen LogP contribution in [0.3, 0.4) is 0 Å². The molecule has 110 valence electrons. The van der Waals surface area contributed by atoms with Gasteiger partial charge in [-0.2, -0.15) is 0 Å². The molecule has 1 fully saturated rings. The monoisotopic (exact) mass is 277 g/mol. The lowest BCUT2D eigenvalue weighted by Crippen LogP contribution is -2.40. The summed E-state index contributed by atoms with van der Waals surface area (Å²) in [6, 6.07) is 7.99. The van der Waals surface area contributed by atoms with Gasteiger partial charge in [0.25, 0.3) is 5.91 Å². The smallest absolute Gasteiger partial charge is 0.258 e. The van der Waals surface area contributed by atoms with Gasteiger partial charge >= 0.3 is 0 Å². The Labute approximate surface area is 120 Å². The Kier molecular flexibility index (Phi) is 5.41. The molecule has 2 rings (SSSR count). The molecular weight excluding hydrogens is 254 g/mol. The number of ether oxygens (including phenoxy) is 1. The lowest BCUT2D eigenvalue weighted by Gasteiger charge is -2.26. The second kappa shape index (κ2) is 7.29. The Balaban J connectivity index is 1.74. The van der Waals surface area contributed by atoms with Gasteiger partial charge in [-0.05, 0) is 49.8 Å². The van der Waals surface area contributed by atoms with Crippen molar-refractivity contribution in [1.29, 1.82) is 0 Å². The second-order valence-corrected chi connectivity index (χ2v) is 5.36. The molecule has 0 aromatic heterocycles. The Morgan fingerprint density at radius 2 is 2.10 bits per heavy atom. The maximum absolute atomic E-state index is 11.8. The summed E-state index contributed by atoms with van der Waals surface area (Å²) < 4.78 is 5.51. The molecule has 1 aliphatic rings. The molecular formula is C16H23NO3. The molecule has 0 aliphatic heterocycles. The fourth-order valence-corrected chi connectivity index (χ4v) is 2.49. The molecule has 1 aromatic rings. The van der Waals surface area contributed by atoms with Crippen LogP contribution in [0.2, 0.25) is 0 Å². The zero-order chi connectivity index (χ0) is 14.4. The van der Waals surface area contributed by atoms with Gasteiger partial charge < -0.3 is 15.2 Å². The number of hydrogen-bond donors (Lipinski definition) is 2. The molecule has 0 bridgehead atoms. The number of benzene rings is 1. The van der Waals surface area contributed by atoms with E-state index < -0.39 is 0 Å². The maximum atomic E-state index is 11.8. The zero-order valence-corrected chi connectivity index (χ0v) is 12.0. The van der Waals surface area contributed by atoms with Gasteiger partial charge in [-0.3, -0.25) is 4.79 Å². The topological polar surface area (TPSA) is 58.6 Å². The van der Waals surface area contributed by atoms with Gasteiger partial charge in [0.1, 0.15) is 5.75 Å². The molecule has 0 heterocycles. The van der Waals surface area contributed by atoms with Crippen molar-refractivity contribution in [2.24, 2.45) is 0 Å². The van der Waals surface area contributed by atoms with E-state index in [9.17, 15) is 9.90 Å². The molecule has 0 radical (unpaired) electrons. The van der Waals surface area contributed by atoms with Gasteiger partial charge in [0.2, 0.25) is 0 Å². The third kappa shape index (κ3) is 4.53. The molecule has 0 atom stereocenters. The summed E-state index contributed by atoms with van der Waals surface area (Å²) in [6.45, 7) is 2.13. The van der Waals surface area contributed by atoms with Crippen molar-refractivity contribution in [1.82, 2.24) is 5.32 Å². The summed E-state index contributed by atoms with van der Waals surface area (Å²) >= 11 is 0. The fourth-order valence-electron chi connectivity index (χ4n) is 2.49. The second-order valence-electron chi connectivity index (χ2n) is 5.36. The number of aryl methyl sites for hydroxylation is 1. The summed E-state index contributed by atoms with van der Waals surface area (Å²) in [6.07, 6.45) is 3.98. The van der Waals surface area contributed by atoms with Gasteiger partial charge in [0, 0.05) is 6.04 Å². The van der Waals surface area contributed by atoms with E-state index in [1.807, 2.05) is 24.3 Å². The van der Waals surface area contributed by atoms with Crippen molar-refractivity contribution < 1.29 is 14.6 Å². The highest BCUT2D eigenvalue weighted by molar-refractivity contribution is 5.77. The van der Waals surface area contributed by atoms with E-state index in [0.717, 1.165) is 37.9 Å². The van der Waals surface area contributed by atoms with E-state index in [-0.39, 0.29) is 24.7 Å². The molecule has 4 heteroatoms. The molecule has 0 saturated heterocycles. The van der Waals surface area contributed by atoms with Crippen LogP contribution in [0, 0.1) is 0 Å². The molecule has 1 aromatic carbocycles. The average molecular weight is 277 g/mol. The number of rotatable bonds is 5. The Hall–Kier alpha value is -1.55. The summed E-state index contributed by atoms with van der Waals surface area (Å²) in [7, 11) is 0. The Morgan fingerprint density at radius 1 is 1.35 bits per heavy atom. The number of amides is 1. The average Bonchev–Trinajstić information content (AvgIpc) is 2.48. The van der Waals surface area contributed by atoms with Crippen molar-refractivity contribution >= 4 is 5.91 Å². The highest BCUT2D eigenvalue weighted by Crippen LogP contribution is 2.18. The molecule has 1 amide bonds. The summed E-state index contributed by atoms with van der Waals surface area (Å²) in [4.78, 5) is 11.8. The van der Waals surface area contributed by atoms with E-state index in [1.165, 1.54) is 5.56 Å². The zero-order valence-electron chi connectivity index (χ0n) is 12.0. The number of aliphatic hydroxyl groups excluding tert-OH is 1. The van der Waals surface area contributed by atoms with Crippen molar-refractivity contribution in [2.45, 2.75) is 51.2 Å². The summed E-state index contributed by atoms with van der Waals surface area (Å²) in [5.41, 5.74) is 1.20. The Bertz CT molecular complexity index is 439. The number of carbonyl (C=O) groups is 1. The first-order valence-electron chi connectivity index (χ1n) is 7.36. The molecule has 1 saturated carbocycles. The highest BCUT2D eigenvalue weighted by Gasteiger charge is 2.20. The van der Waals surface area contributed by atoms with Crippen LogP contribution in [0.5, 0.6) is 5.75 Å². The third-order valence-electron chi connectivity index (χ3n) is 3.74. The van der Waals surface area contributed by atoms with E-state index in [2.05, 4.69) is 12.2 Å². The van der Waals surface area contributed by atoms with Crippen molar-refractivity contribution in [2.75, 3.05) is 6.61 Å². The van der Waals surface area contributed by atoms with Crippen molar-refractivity contribution in [3.63, 3.8) is 0 Å². The van der Waals surface area contributed by atoms with Gasteiger partial charge in [0.15, 0.2) is 6.61 Å². The molecule has 2 N–H and O–H groups in total. The van der Waals surface area contributed by atoms with Crippen LogP contribution in [0.4, 0.5) is 0 Å². The predicted molar refractivity (Wildman–Crippen MR) is 77.7 cm³/mol.